The highest BCUT2D eigenvalue weighted by molar-refractivity contribution is 5.46. The quantitative estimate of drug-likeness (QED) is 0.691. The number of likely N-dealkylation sites (N-methyl/N-ethyl adjacent to an activating group) is 1. The zero-order chi connectivity index (χ0) is 13.4. The predicted octanol–water partition coefficient (Wildman–Crippen LogP) is 1.71. The number of hydrogen-bond donors (Lipinski definition) is 2. The number of hydrogen-bond acceptors (Lipinski definition) is 4. The molecule has 2 N–H and O–H groups in total. The smallest absolute Gasteiger partial charge is 0.161 e. The van der Waals surface area contributed by atoms with Crippen LogP contribution in [0, 0.1) is 6.92 Å². The van der Waals surface area contributed by atoms with E-state index < -0.39 is 0 Å². The van der Waals surface area contributed by atoms with Crippen LogP contribution in [0.15, 0.2) is 12.1 Å². The maximum Gasteiger partial charge on any atom is 0.161 e. The van der Waals surface area contributed by atoms with Gasteiger partial charge in [0.2, 0.25) is 0 Å². The number of ether oxygens (including phenoxy) is 2. The molecule has 0 aliphatic carbocycles. The van der Waals surface area contributed by atoms with Gasteiger partial charge in [-0.3, -0.25) is 0 Å². The molecule has 1 aromatic carbocycles. The summed E-state index contributed by atoms with van der Waals surface area (Å²) in [5, 5.41) is 6.69. The summed E-state index contributed by atoms with van der Waals surface area (Å²) in [6, 6.07) is 4.05. The zero-order valence-corrected chi connectivity index (χ0v) is 11.8. The van der Waals surface area contributed by atoms with Crippen LogP contribution in [-0.2, 0) is 6.54 Å². The molecule has 0 radical (unpaired) electrons. The van der Waals surface area contributed by atoms with Gasteiger partial charge < -0.3 is 20.1 Å². The molecule has 18 heavy (non-hydrogen) atoms. The summed E-state index contributed by atoms with van der Waals surface area (Å²) in [6.07, 6.45) is 0. The fourth-order valence-electron chi connectivity index (χ4n) is 1.79. The lowest BCUT2D eigenvalue weighted by atomic mass is 10.1. The Hall–Kier alpha value is -1.26. The average molecular weight is 252 g/mol. The van der Waals surface area contributed by atoms with Crippen molar-refractivity contribution >= 4 is 0 Å². The Morgan fingerprint density at radius 2 is 1.61 bits per heavy atom. The molecule has 0 saturated carbocycles. The molecule has 4 nitrogen and oxygen atoms in total. The summed E-state index contributed by atoms with van der Waals surface area (Å²) in [5.74, 6) is 1.57. The second-order valence-electron chi connectivity index (χ2n) is 4.16. The Labute approximate surface area is 110 Å². The third kappa shape index (κ3) is 4.20. The highest BCUT2D eigenvalue weighted by Gasteiger charge is 2.07. The van der Waals surface area contributed by atoms with Crippen LogP contribution < -0.4 is 20.1 Å². The first kappa shape index (κ1) is 14.8. The third-order valence-corrected chi connectivity index (χ3v) is 2.89. The van der Waals surface area contributed by atoms with Crippen molar-refractivity contribution in [1.82, 2.24) is 10.6 Å². The van der Waals surface area contributed by atoms with E-state index in [4.69, 9.17) is 9.47 Å². The van der Waals surface area contributed by atoms with Crippen molar-refractivity contribution < 1.29 is 9.47 Å². The Balaban J connectivity index is 2.59. The van der Waals surface area contributed by atoms with E-state index >= 15 is 0 Å². The SMILES string of the molecule is CCNCCNCc1cc(OC)c(OC)cc1C. The van der Waals surface area contributed by atoms with Crippen molar-refractivity contribution in [3.63, 3.8) is 0 Å². The first-order valence-corrected chi connectivity index (χ1v) is 6.35. The molecule has 0 heterocycles. The summed E-state index contributed by atoms with van der Waals surface area (Å²) < 4.78 is 10.6. The van der Waals surface area contributed by atoms with Gasteiger partial charge in [0.1, 0.15) is 0 Å². The van der Waals surface area contributed by atoms with Gasteiger partial charge in [-0.2, -0.15) is 0 Å². The monoisotopic (exact) mass is 252 g/mol. The van der Waals surface area contributed by atoms with Gasteiger partial charge in [0.05, 0.1) is 14.2 Å². The Kier molecular flexibility index (Phi) is 6.54. The van der Waals surface area contributed by atoms with Crippen LogP contribution in [0.3, 0.4) is 0 Å². The minimum atomic E-state index is 0.784. The molecular weight excluding hydrogens is 228 g/mol. The van der Waals surface area contributed by atoms with Crippen LogP contribution in [-0.4, -0.2) is 33.9 Å². The second kappa shape index (κ2) is 7.95. The van der Waals surface area contributed by atoms with Crippen LogP contribution >= 0.6 is 0 Å². The van der Waals surface area contributed by atoms with Gasteiger partial charge in [0, 0.05) is 19.6 Å². The number of nitrogens with one attached hydrogen (secondary N) is 2. The van der Waals surface area contributed by atoms with Gasteiger partial charge in [0.15, 0.2) is 11.5 Å². The van der Waals surface area contributed by atoms with Gasteiger partial charge in [0.25, 0.3) is 0 Å². The van der Waals surface area contributed by atoms with E-state index in [2.05, 4.69) is 24.5 Å². The van der Waals surface area contributed by atoms with Gasteiger partial charge in [-0.25, -0.2) is 0 Å². The van der Waals surface area contributed by atoms with Crippen LogP contribution in [0.5, 0.6) is 11.5 Å². The number of aryl methyl sites for hydroxylation is 1. The fourth-order valence-corrected chi connectivity index (χ4v) is 1.79. The van der Waals surface area contributed by atoms with Crippen LogP contribution in [0.4, 0.5) is 0 Å². The molecule has 0 aromatic heterocycles. The minimum absolute atomic E-state index is 0.784. The molecule has 0 aliphatic heterocycles. The molecule has 0 atom stereocenters. The number of benzene rings is 1. The van der Waals surface area contributed by atoms with Crippen molar-refractivity contribution in [3.05, 3.63) is 23.3 Å². The first-order chi connectivity index (χ1) is 8.72. The summed E-state index contributed by atoms with van der Waals surface area (Å²) in [4.78, 5) is 0. The molecule has 0 fully saturated rings. The second-order valence-corrected chi connectivity index (χ2v) is 4.16. The maximum atomic E-state index is 5.31. The van der Waals surface area contributed by atoms with E-state index in [1.165, 1.54) is 11.1 Å². The molecule has 0 amide bonds. The summed E-state index contributed by atoms with van der Waals surface area (Å²) >= 11 is 0. The zero-order valence-electron chi connectivity index (χ0n) is 11.8. The van der Waals surface area contributed by atoms with E-state index in [9.17, 15) is 0 Å². The third-order valence-electron chi connectivity index (χ3n) is 2.89. The minimum Gasteiger partial charge on any atom is -0.493 e. The fraction of sp³-hybridized carbons (Fsp3) is 0.571. The molecule has 0 spiro atoms. The van der Waals surface area contributed by atoms with E-state index in [1.807, 2.05) is 12.1 Å². The van der Waals surface area contributed by atoms with Crippen LogP contribution in [0.25, 0.3) is 0 Å². The molecular formula is C14H24N2O2. The van der Waals surface area contributed by atoms with E-state index in [-0.39, 0.29) is 0 Å². The van der Waals surface area contributed by atoms with Gasteiger partial charge in [-0.15, -0.1) is 0 Å². The average Bonchev–Trinajstić information content (AvgIpc) is 2.39. The summed E-state index contributed by atoms with van der Waals surface area (Å²) in [6.45, 7) is 8.00. The topological polar surface area (TPSA) is 42.5 Å². The molecule has 1 rings (SSSR count). The molecule has 0 unspecified atom stereocenters. The lowest BCUT2D eigenvalue weighted by Crippen LogP contribution is -2.26. The van der Waals surface area contributed by atoms with Gasteiger partial charge in [-0.05, 0) is 36.7 Å². The molecule has 0 bridgehead atoms. The highest BCUT2D eigenvalue weighted by atomic mass is 16.5. The Morgan fingerprint density at radius 1 is 1.00 bits per heavy atom. The highest BCUT2D eigenvalue weighted by Crippen LogP contribution is 2.30. The molecule has 102 valence electrons. The van der Waals surface area contributed by atoms with Crippen molar-refractivity contribution in [2.45, 2.75) is 20.4 Å². The normalized spacial score (nSPS) is 10.4. The first-order valence-electron chi connectivity index (χ1n) is 6.35. The summed E-state index contributed by atoms with van der Waals surface area (Å²) in [7, 11) is 3.32. The molecule has 4 heteroatoms. The largest absolute Gasteiger partial charge is 0.493 e. The summed E-state index contributed by atoms with van der Waals surface area (Å²) in [5.41, 5.74) is 2.45. The van der Waals surface area contributed by atoms with E-state index in [1.54, 1.807) is 14.2 Å². The Morgan fingerprint density at radius 3 is 2.22 bits per heavy atom. The maximum absolute atomic E-state index is 5.31. The van der Waals surface area contributed by atoms with Gasteiger partial charge in [-0.1, -0.05) is 6.92 Å². The van der Waals surface area contributed by atoms with E-state index in [0.29, 0.717) is 0 Å². The number of methoxy groups -OCH3 is 2. The van der Waals surface area contributed by atoms with E-state index in [0.717, 1.165) is 37.7 Å². The molecule has 1 aromatic rings. The van der Waals surface area contributed by atoms with Crippen molar-refractivity contribution in [3.8, 4) is 11.5 Å². The van der Waals surface area contributed by atoms with Crippen LogP contribution in [0.2, 0.25) is 0 Å². The number of rotatable bonds is 8. The van der Waals surface area contributed by atoms with Crippen molar-refractivity contribution in [1.29, 1.82) is 0 Å². The lowest BCUT2D eigenvalue weighted by molar-refractivity contribution is 0.354. The van der Waals surface area contributed by atoms with Crippen molar-refractivity contribution in [2.24, 2.45) is 0 Å². The standard InChI is InChI=1S/C14H24N2O2/c1-5-15-6-7-16-10-12-9-14(18-4)13(17-3)8-11(12)2/h8-9,15-16H,5-7,10H2,1-4H3. The predicted molar refractivity (Wildman–Crippen MR) is 74.5 cm³/mol. The van der Waals surface area contributed by atoms with Crippen LogP contribution in [0.1, 0.15) is 18.1 Å². The Bertz CT molecular complexity index is 367. The lowest BCUT2D eigenvalue weighted by Gasteiger charge is -2.13. The van der Waals surface area contributed by atoms with Crippen molar-refractivity contribution in [2.75, 3.05) is 33.9 Å². The molecule has 0 saturated heterocycles. The molecule has 0 aliphatic rings. The van der Waals surface area contributed by atoms with Gasteiger partial charge >= 0.3 is 0 Å².